The van der Waals surface area contributed by atoms with Gasteiger partial charge in [0.25, 0.3) is 0 Å². The summed E-state index contributed by atoms with van der Waals surface area (Å²) < 4.78 is 11.2. The van der Waals surface area contributed by atoms with Crippen molar-refractivity contribution < 1.29 is 14.6 Å². The molecule has 3 nitrogen and oxygen atoms in total. The van der Waals surface area contributed by atoms with E-state index in [0.717, 1.165) is 24.0 Å². The Morgan fingerprint density at radius 3 is 2.57 bits per heavy atom. The molecule has 3 heteroatoms. The molecular weight excluding hydrogens is 264 g/mol. The smallest absolute Gasteiger partial charge is 0.167 e. The lowest BCUT2D eigenvalue weighted by atomic mass is 9.98. The average Bonchev–Trinajstić information content (AvgIpc) is 2.55. The van der Waals surface area contributed by atoms with Crippen LogP contribution in [0.15, 0.2) is 42.5 Å². The van der Waals surface area contributed by atoms with Gasteiger partial charge in [0.05, 0.1) is 0 Å². The van der Waals surface area contributed by atoms with E-state index in [1.807, 2.05) is 30.3 Å². The summed E-state index contributed by atoms with van der Waals surface area (Å²) in [5.41, 5.74) is 2.93. The van der Waals surface area contributed by atoms with Gasteiger partial charge in [-0.1, -0.05) is 49.7 Å². The normalized spacial score (nSPS) is 14.8. The monoisotopic (exact) mass is 284 g/mol. The molecule has 0 radical (unpaired) electrons. The maximum absolute atomic E-state index is 10.6. The molecule has 1 aliphatic rings. The van der Waals surface area contributed by atoms with Crippen molar-refractivity contribution in [3.63, 3.8) is 0 Å². The fraction of sp³-hybridized carbons (Fsp3) is 0.333. The Bertz CT molecular complexity index is 604. The molecule has 0 amide bonds. The molecule has 0 saturated carbocycles. The first-order valence-corrected chi connectivity index (χ1v) is 7.45. The van der Waals surface area contributed by atoms with E-state index >= 15 is 0 Å². The molecule has 2 aromatic carbocycles. The number of benzene rings is 2. The Labute approximate surface area is 125 Å². The predicted octanol–water partition coefficient (Wildman–Crippen LogP) is 3.49. The highest BCUT2D eigenvalue weighted by Gasteiger charge is 2.21. The standard InChI is InChI=1S/C18H20O3/c1-2-4-13-7-9-14(10-8-13)17(19)15-5-3-6-16-18(15)21-12-11-20-16/h3,5-10,17,19H,2,4,11-12H2,1H3. The van der Waals surface area contributed by atoms with Crippen LogP contribution in [0.5, 0.6) is 11.5 Å². The largest absolute Gasteiger partial charge is 0.486 e. The van der Waals surface area contributed by atoms with Crippen LogP contribution in [0.2, 0.25) is 0 Å². The van der Waals surface area contributed by atoms with E-state index in [9.17, 15) is 5.11 Å². The molecule has 0 aromatic heterocycles. The van der Waals surface area contributed by atoms with E-state index in [-0.39, 0.29) is 0 Å². The van der Waals surface area contributed by atoms with E-state index in [2.05, 4.69) is 19.1 Å². The van der Waals surface area contributed by atoms with Crippen molar-refractivity contribution in [3.05, 3.63) is 59.2 Å². The Kier molecular flexibility index (Phi) is 4.11. The Morgan fingerprint density at radius 2 is 1.81 bits per heavy atom. The van der Waals surface area contributed by atoms with Crippen LogP contribution in [0.25, 0.3) is 0 Å². The number of hydrogen-bond acceptors (Lipinski definition) is 3. The van der Waals surface area contributed by atoms with Crippen molar-refractivity contribution >= 4 is 0 Å². The van der Waals surface area contributed by atoms with Gasteiger partial charge in [-0.05, 0) is 23.6 Å². The number of hydrogen-bond donors (Lipinski definition) is 1. The zero-order valence-corrected chi connectivity index (χ0v) is 12.2. The maximum atomic E-state index is 10.6. The first-order chi connectivity index (χ1) is 10.3. The fourth-order valence-electron chi connectivity index (χ4n) is 2.65. The third kappa shape index (κ3) is 2.88. The zero-order chi connectivity index (χ0) is 14.7. The van der Waals surface area contributed by atoms with Crippen LogP contribution >= 0.6 is 0 Å². The van der Waals surface area contributed by atoms with E-state index in [1.165, 1.54) is 5.56 Å². The molecule has 21 heavy (non-hydrogen) atoms. The molecule has 2 aromatic rings. The van der Waals surface area contributed by atoms with Crippen molar-refractivity contribution in [1.29, 1.82) is 0 Å². The number of aliphatic hydroxyl groups excluding tert-OH is 1. The number of rotatable bonds is 4. The Hall–Kier alpha value is -2.00. The lowest BCUT2D eigenvalue weighted by molar-refractivity contribution is 0.158. The first-order valence-electron chi connectivity index (χ1n) is 7.45. The number of para-hydroxylation sites is 1. The summed E-state index contributed by atoms with van der Waals surface area (Å²) in [5, 5.41) is 10.6. The van der Waals surface area contributed by atoms with Gasteiger partial charge in [0, 0.05) is 5.56 Å². The van der Waals surface area contributed by atoms with E-state index in [1.54, 1.807) is 0 Å². The highest BCUT2D eigenvalue weighted by Crippen LogP contribution is 2.38. The number of aryl methyl sites for hydroxylation is 1. The van der Waals surface area contributed by atoms with Crippen LogP contribution in [-0.4, -0.2) is 18.3 Å². The fourth-order valence-corrected chi connectivity index (χ4v) is 2.65. The van der Waals surface area contributed by atoms with E-state index in [4.69, 9.17) is 9.47 Å². The molecule has 0 aliphatic carbocycles. The van der Waals surface area contributed by atoms with Crippen LogP contribution in [-0.2, 0) is 6.42 Å². The highest BCUT2D eigenvalue weighted by atomic mass is 16.6. The quantitative estimate of drug-likeness (QED) is 0.934. The van der Waals surface area contributed by atoms with Gasteiger partial charge in [-0.2, -0.15) is 0 Å². The Balaban J connectivity index is 1.89. The SMILES string of the molecule is CCCc1ccc(C(O)c2cccc3c2OCCO3)cc1. The van der Waals surface area contributed by atoms with Gasteiger partial charge in [-0.25, -0.2) is 0 Å². The third-order valence-corrected chi connectivity index (χ3v) is 3.73. The zero-order valence-electron chi connectivity index (χ0n) is 12.2. The van der Waals surface area contributed by atoms with Gasteiger partial charge in [-0.15, -0.1) is 0 Å². The minimum atomic E-state index is -0.697. The van der Waals surface area contributed by atoms with Gasteiger partial charge < -0.3 is 14.6 Å². The average molecular weight is 284 g/mol. The molecule has 1 atom stereocenters. The molecule has 3 rings (SSSR count). The van der Waals surface area contributed by atoms with Crippen LogP contribution in [0, 0.1) is 0 Å². The minimum Gasteiger partial charge on any atom is -0.486 e. The summed E-state index contributed by atoms with van der Waals surface area (Å²) in [6, 6.07) is 13.8. The van der Waals surface area contributed by atoms with Gasteiger partial charge in [0.1, 0.15) is 19.3 Å². The summed E-state index contributed by atoms with van der Waals surface area (Å²) in [6.07, 6.45) is 1.49. The number of ether oxygens (including phenoxy) is 2. The second kappa shape index (κ2) is 6.19. The topological polar surface area (TPSA) is 38.7 Å². The summed E-state index contributed by atoms with van der Waals surface area (Å²) in [7, 11) is 0. The summed E-state index contributed by atoms with van der Waals surface area (Å²) in [4.78, 5) is 0. The van der Waals surface area contributed by atoms with Crippen LogP contribution < -0.4 is 9.47 Å². The second-order valence-corrected chi connectivity index (χ2v) is 5.27. The van der Waals surface area contributed by atoms with E-state index < -0.39 is 6.10 Å². The van der Waals surface area contributed by atoms with Gasteiger partial charge >= 0.3 is 0 Å². The molecule has 1 heterocycles. The summed E-state index contributed by atoms with van der Waals surface area (Å²) in [6.45, 7) is 3.24. The number of aliphatic hydroxyl groups is 1. The predicted molar refractivity (Wildman–Crippen MR) is 81.9 cm³/mol. The third-order valence-electron chi connectivity index (χ3n) is 3.73. The molecule has 110 valence electrons. The second-order valence-electron chi connectivity index (χ2n) is 5.27. The lowest BCUT2D eigenvalue weighted by Crippen LogP contribution is -2.17. The minimum absolute atomic E-state index is 0.520. The van der Waals surface area contributed by atoms with Crippen LogP contribution in [0.4, 0.5) is 0 Å². The van der Waals surface area contributed by atoms with Gasteiger partial charge in [-0.3, -0.25) is 0 Å². The molecule has 1 unspecified atom stereocenters. The molecule has 0 saturated heterocycles. The van der Waals surface area contributed by atoms with Gasteiger partial charge in [0.15, 0.2) is 11.5 Å². The molecule has 0 bridgehead atoms. The molecule has 0 spiro atoms. The van der Waals surface area contributed by atoms with Crippen molar-refractivity contribution in [2.45, 2.75) is 25.9 Å². The highest BCUT2D eigenvalue weighted by molar-refractivity contribution is 5.50. The lowest BCUT2D eigenvalue weighted by Gasteiger charge is -2.23. The van der Waals surface area contributed by atoms with Crippen molar-refractivity contribution in [2.75, 3.05) is 13.2 Å². The van der Waals surface area contributed by atoms with Crippen molar-refractivity contribution in [1.82, 2.24) is 0 Å². The maximum Gasteiger partial charge on any atom is 0.167 e. The van der Waals surface area contributed by atoms with E-state index in [0.29, 0.717) is 24.7 Å². The number of fused-ring (bicyclic) bond motifs is 1. The summed E-state index contributed by atoms with van der Waals surface area (Å²) in [5.74, 6) is 1.37. The summed E-state index contributed by atoms with van der Waals surface area (Å²) >= 11 is 0. The molecule has 1 aliphatic heterocycles. The van der Waals surface area contributed by atoms with Crippen LogP contribution in [0.3, 0.4) is 0 Å². The van der Waals surface area contributed by atoms with Gasteiger partial charge in [0.2, 0.25) is 0 Å². The first kappa shape index (κ1) is 14.0. The Morgan fingerprint density at radius 1 is 1.05 bits per heavy atom. The molecule has 0 fully saturated rings. The van der Waals surface area contributed by atoms with Crippen LogP contribution in [0.1, 0.15) is 36.1 Å². The molecule has 1 N–H and O–H groups in total. The van der Waals surface area contributed by atoms with Crippen molar-refractivity contribution in [2.24, 2.45) is 0 Å². The van der Waals surface area contributed by atoms with Crippen molar-refractivity contribution in [3.8, 4) is 11.5 Å². The molecular formula is C18H20O3.